The van der Waals surface area contributed by atoms with E-state index in [1.54, 1.807) is 0 Å². The standard InChI is InChI=1S/C11H5ClN4O4/c12-7-2-1-6(4-13)8(3-7)15-5-9(16(19)20)10(14-15)11(17)18/h1-3,5H,(H,17,18). The quantitative estimate of drug-likeness (QED) is 0.682. The van der Waals surface area contributed by atoms with Crippen molar-refractivity contribution in [3.63, 3.8) is 0 Å². The zero-order valence-electron chi connectivity index (χ0n) is 9.65. The topological polar surface area (TPSA) is 122 Å². The van der Waals surface area contributed by atoms with Crippen LogP contribution in [0, 0.1) is 21.4 Å². The Labute approximate surface area is 116 Å². The number of rotatable bonds is 3. The SMILES string of the molecule is N#Cc1ccc(Cl)cc1-n1cc([N+](=O)[O-])c(C(=O)O)n1. The molecule has 0 radical (unpaired) electrons. The van der Waals surface area contributed by atoms with Crippen molar-refractivity contribution in [1.29, 1.82) is 5.26 Å². The van der Waals surface area contributed by atoms with Gasteiger partial charge in [-0.2, -0.15) is 10.4 Å². The molecule has 1 aromatic carbocycles. The van der Waals surface area contributed by atoms with Crippen LogP contribution in [-0.4, -0.2) is 25.8 Å². The number of carboxylic acid groups (broad SMARTS) is 1. The number of carboxylic acids is 1. The molecule has 1 heterocycles. The molecule has 9 heteroatoms. The Hall–Kier alpha value is -2.92. The number of benzene rings is 1. The molecule has 0 aliphatic carbocycles. The van der Waals surface area contributed by atoms with Crippen molar-refractivity contribution in [2.45, 2.75) is 0 Å². The Bertz CT molecular complexity index is 731. The van der Waals surface area contributed by atoms with Gasteiger partial charge in [0.05, 0.1) is 16.2 Å². The second-order valence-corrected chi connectivity index (χ2v) is 4.08. The third-order valence-corrected chi connectivity index (χ3v) is 2.66. The molecule has 0 fully saturated rings. The number of hydrogen-bond acceptors (Lipinski definition) is 5. The average molecular weight is 293 g/mol. The summed E-state index contributed by atoms with van der Waals surface area (Å²) in [4.78, 5) is 20.9. The molecule has 1 N–H and O–H groups in total. The summed E-state index contributed by atoms with van der Waals surface area (Å²) >= 11 is 5.79. The monoisotopic (exact) mass is 292 g/mol. The van der Waals surface area contributed by atoms with Crippen LogP contribution in [0.25, 0.3) is 5.69 Å². The Kier molecular flexibility index (Phi) is 3.37. The maximum Gasteiger partial charge on any atom is 0.363 e. The molecule has 0 saturated heterocycles. The smallest absolute Gasteiger partial charge is 0.363 e. The van der Waals surface area contributed by atoms with E-state index in [4.69, 9.17) is 22.0 Å². The lowest BCUT2D eigenvalue weighted by molar-refractivity contribution is -0.385. The van der Waals surface area contributed by atoms with E-state index >= 15 is 0 Å². The highest BCUT2D eigenvalue weighted by molar-refractivity contribution is 6.30. The minimum atomic E-state index is -1.53. The molecular weight excluding hydrogens is 288 g/mol. The zero-order valence-corrected chi connectivity index (χ0v) is 10.4. The van der Waals surface area contributed by atoms with Gasteiger partial charge in [0, 0.05) is 5.02 Å². The Balaban J connectivity index is 2.69. The van der Waals surface area contributed by atoms with Crippen LogP contribution >= 0.6 is 11.6 Å². The highest BCUT2D eigenvalue weighted by Gasteiger charge is 2.26. The van der Waals surface area contributed by atoms with Crippen LogP contribution in [-0.2, 0) is 0 Å². The van der Waals surface area contributed by atoms with Crippen LogP contribution in [0.15, 0.2) is 24.4 Å². The maximum atomic E-state index is 10.9. The van der Waals surface area contributed by atoms with Crippen molar-refractivity contribution < 1.29 is 14.8 Å². The van der Waals surface area contributed by atoms with E-state index in [2.05, 4.69) is 5.10 Å². The Morgan fingerprint density at radius 3 is 2.75 bits per heavy atom. The van der Waals surface area contributed by atoms with Crippen LogP contribution in [0.1, 0.15) is 16.1 Å². The van der Waals surface area contributed by atoms with E-state index in [0.29, 0.717) is 0 Å². The summed E-state index contributed by atoms with van der Waals surface area (Å²) in [6.45, 7) is 0. The van der Waals surface area contributed by atoms with Gasteiger partial charge in [0.25, 0.3) is 0 Å². The number of nitrogens with zero attached hydrogens (tertiary/aromatic N) is 4. The summed E-state index contributed by atoms with van der Waals surface area (Å²) in [5.74, 6) is -1.53. The molecule has 100 valence electrons. The number of carbonyl (C=O) groups is 1. The molecule has 0 aliphatic rings. The number of nitriles is 1. The van der Waals surface area contributed by atoms with Crippen LogP contribution in [0.4, 0.5) is 5.69 Å². The van der Waals surface area contributed by atoms with Gasteiger partial charge in [-0.25, -0.2) is 9.48 Å². The van der Waals surface area contributed by atoms with Gasteiger partial charge in [-0.3, -0.25) is 10.1 Å². The van der Waals surface area contributed by atoms with Gasteiger partial charge in [-0.05, 0) is 18.2 Å². The molecule has 0 atom stereocenters. The summed E-state index contributed by atoms with van der Waals surface area (Å²) in [5.41, 5.74) is -1.06. The lowest BCUT2D eigenvalue weighted by atomic mass is 10.2. The molecule has 0 spiro atoms. The second-order valence-electron chi connectivity index (χ2n) is 3.64. The van der Waals surface area contributed by atoms with Crippen molar-refractivity contribution in [1.82, 2.24) is 9.78 Å². The van der Waals surface area contributed by atoms with E-state index in [1.807, 2.05) is 6.07 Å². The van der Waals surface area contributed by atoms with Crippen LogP contribution < -0.4 is 0 Å². The fourth-order valence-electron chi connectivity index (χ4n) is 1.56. The number of aromatic carboxylic acids is 1. The lowest BCUT2D eigenvalue weighted by Crippen LogP contribution is -2.03. The highest BCUT2D eigenvalue weighted by atomic mass is 35.5. The number of nitro groups is 1. The van der Waals surface area contributed by atoms with Gasteiger partial charge in [0.1, 0.15) is 12.3 Å². The zero-order chi connectivity index (χ0) is 14.9. The van der Waals surface area contributed by atoms with Gasteiger partial charge in [0.15, 0.2) is 0 Å². The van der Waals surface area contributed by atoms with Crippen molar-refractivity contribution in [3.8, 4) is 11.8 Å². The van der Waals surface area contributed by atoms with E-state index in [9.17, 15) is 14.9 Å². The fraction of sp³-hybridized carbons (Fsp3) is 0. The minimum Gasteiger partial charge on any atom is -0.476 e. The van der Waals surface area contributed by atoms with Gasteiger partial charge in [-0.15, -0.1) is 0 Å². The van der Waals surface area contributed by atoms with Crippen LogP contribution in [0.2, 0.25) is 5.02 Å². The highest BCUT2D eigenvalue weighted by Crippen LogP contribution is 2.23. The molecule has 0 unspecified atom stereocenters. The maximum absolute atomic E-state index is 10.9. The van der Waals surface area contributed by atoms with Crippen molar-refractivity contribution in [3.05, 3.63) is 50.8 Å². The third kappa shape index (κ3) is 2.30. The van der Waals surface area contributed by atoms with Gasteiger partial charge in [0.2, 0.25) is 5.69 Å². The third-order valence-electron chi connectivity index (χ3n) is 2.42. The first-order valence-corrected chi connectivity index (χ1v) is 5.49. The predicted octanol–water partition coefficient (Wildman–Crippen LogP) is 2.00. The van der Waals surface area contributed by atoms with Gasteiger partial charge >= 0.3 is 11.7 Å². The minimum absolute atomic E-state index is 0.156. The molecule has 0 saturated carbocycles. The summed E-state index contributed by atoms with van der Waals surface area (Å²) < 4.78 is 0.950. The Morgan fingerprint density at radius 1 is 1.55 bits per heavy atom. The first kappa shape index (κ1) is 13.5. The van der Waals surface area contributed by atoms with E-state index in [1.165, 1.54) is 18.2 Å². The molecule has 0 aliphatic heterocycles. The number of halogens is 1. The van der Waals surface area contributed by atoms with E-state index in [0.717, 1.165) is 10.9 Å². The number of hydrogen-bond donors (Lipinski definition) is 1. The van der Waals surface area contributed by atoms with Crippen molar-refractivity contribution in [2.75, 3.05) is 0 Å². The number of aromatic nitrogens is 2. The fourth-order valence-corrected chi connectivity index (χ4v) is 1.73. The lowest BCUT2D eigenvalue weighted by Gasteiger charge is -2.03. The summed E-state index contributed by atoms with van der Waals surface area (Å²) in [6.07, 6.45) is 0.927. The van der Waals surface area contributed by atoms with Gasteiger partial charge < -0.3 is 5.11 Å². The van der Waals surface area contributed by atoms with Crippen molar-refractivity contribution in [2.24, 2.45) is 0 Å². The molecule has 1 aromatic heterocycles. The van der Waals surface area contributed by atoms with E-state index in [-0.39, 0.29) is 16.3 Å². The van der Waals surface area contributed by atoms with Gasteiger partial charge in [-0.1, -0.05) is 11.6 Å². The second kappa shape index (κ2) is 4.99. The summed E-state index contributed by atoms with van der Waals surface area (Å²) in [5, 5.41) is 32.6. The molecule has 20 heavy (non-hydrogen) atoms. The Morgan fingerprint density at radius 2 is 2.25 bits per heavy atom. The first-order chi connectivity index (χ1) is 9.43. The largest absolute Gasteiger partial charge is 0.476 e. The van der Waals surface area contributed by atoms with Crippen LogP contribution in [0.3, 0.4) is 0 Å². The van der Waals surface area contributed by atoms with E-state index < -0.39 is 22.3 Å². The molecule has 0 bridgehead atoms. The predicted molar refractivity (Wildman–Crippen MR) is 66.9 cm³/mol. The summed E-state index contributed by atoms with van der Waals surface area (Å²) in [6, 6.07) is 6.12. The first-order valence-electron chi connectivity index (χ1n) is 5.11. The molecule has 0 amide bonds. The normalized spacial score (nSPS) is 10.0. The summed E-state index contributed by atoms with van der Waals surface area (Å²) in [7, 11) is 0. The van der Waals surface area contributed by atoms with Crippen molar-refractivity contribution >= 4 is 23.3 Å². The molecular formula is C11H5ClN4O4. The molecule has 8 nitrogen and oxygen atoms in total. The average Bonchev–Trinajstić information content (AvgIpc) is 2.83. The molecule has 2 aromatic rings. The molecule has 2 rings (SSSR count). The van der Waals surface area contributed by atoms with Crippen LogP contribution in [0.5, 0.6) is 0 Å².